The van der Waals surface area contributed by atoms with Crippen LogP contribution in [-0.2, 0) is 16.0 Å². The molecule has 130 valence electrons. The average molecular weight is 359 g/mol. The van der Waals surface area contributed by atoms with Gasteiger partial charge in [-0.15, -0.1) is 11.3 Å². The van der Waals surface area contributed by atoms with Crippen molar-refractivity contribution in [3.05, 3.63) is 46.7 Å². The van der Waals surface area contributed by atoms with Crippen molar-refractivity contribution in [1.82, 2.24) is 9.88 Å². The van der Waals surface area contributed by atoms with Gasteiger partial charge in [0.1, 0.15) is 5.82 Å². The van der Waals surface area contributed by atoms with E-state index in [1.807, 2.05) is 4.90 Å². The average Bonchev–Trinajstić information content (AvgIpc) is 3.22. The Kier molecular flexibility index (Phi) is 4.25. The number of nitrogens with zero attached hydrogens (tertiary/aromatic N) is 2. The van der Waals surface area contributed by atoms with Crippen molar-refractivity contribution in [1.29, 1.82) is 0 Å². The number of amides is 2. The molecule has 1 saturated heterocycles. The summed E-state index contributed by atoms with van der Waals surface area (Å²) in [4.78, 5) is 31.3. The molecule has 1 aliphatic heterocycles. The number of nitrogens with one attached hydrogen (secondary N) is 1. The van der Waals surface area contributed by atoms with Gasteiger partial charge in [0, 0.05) is 36.5 Å². The zero-order chi connectivity index (χ0) is 17.4. The molecule has 2 aliphatic rings. The third-order valence-electron chi connectivity index (χ3n) is 4.62. The van der Waals surface area contributed by atoms with Crippen molar-refractivity contribution in [2.75, 3.05) is 11.9 Å². The van der Waals surface area contributed by atoms with Crippen molar-refractivity contribution in [2.24, 2.45) is 5.92 Å². The molecule has 0 unspecified atom stereocenters. The fraction of sp³-hybridized carbons (Fsp3) is 0.389. The second-order valence-electron chi connectivity index (χ2n) is 6.57. The van der Waals surface area contributed by atoms with Crippen LogP contribution in [0.25, 0.3) is 0 Å². The van der Waals surface area contributed by atoms with Crippen LogP contribution in [0.5, 0.6) is 0 Å². The fourth-order valence-electron chi connectivity index (χ4n) is 3.13. The van der Waals surface area contributed by atoms with Crippen LogP contribution in [0.15, 0.2) is 30.5 Å². The number of likely N-dealkylation sites (tertiary alicyclic amines) is 1. The molecule has 4 rings (SSSR count). The molecule has 5 nitrogen and oxygen atoms in total. The Balaban J connectivity index is 1.37. The van der Waals surface area contributed by atoms with Crippen molar-refractivity contribution < 1.29 is 14.0 Å². The van der Waals surface area contributed by atoms with Gasteiger partial charge >= 0.3 is 0 Å². The highest BCUT2D eigenvalue weighted by Gasteiger charge is 2.41. The second-order valence-corrected chi connectivity index (χ2v) is 7.68. The summed E-state index contributed by atoms with van der Waals surface area (Å²) in [6, 6.07) is 6.97. The smallest absolute Gasteiger partial charge is 0.231 e. The van der Waals surface area contributed by atoms with Crippen LogP contribution in [0.1, 0.15) is 29.7 Å². The maximum absolute atomic E-state index is 13.7. The van der Waals surface area contributed by atoms with E-state index in [-0.39, 0.29) is 30.0 Å². The maximum atomic E-state index is 13.7. The number of carbonyl (C=O) groups excluding carboxylic acids is 2. The number of thiazole rings is 1. The molecule has 1 aromatic heterocycles. The Morgan fingerprint density at radius 1 is 1.36 bits per heavy atom. The Labute approximate surface area is 148 Å². The van der Waals surface area contributed by atoms with Gasteiger partial charge in [-0.1, -0.05) is 18.2 Å². The normalized spacial score (nSPS) is 20.1. The first-order valence-electron chi connectivity index (χ1n) is 8.38. The van der Waals surface area contributed by atoms with E-state index in [9.17, 15) is 14.0 Å². The van der Waals surface area contributed by atoms with E-state index in [0.717, 1.165) is 17.7 Å². The molecule has 2 heterocycles. The zero-order valence-corrected chi connectivity index (χ0v) is 14.4. The lowest BCUT2D eigenvalue weighted by Gasteiger charge is -2.14. The first-order valence-corrected chi connectivity index (χ1v) is 9.20. The zero-order valence-electron chi connectivity index (χ0n) is 13.6. The highest BCUT2D eigenvalue weighted by Crippen LogP contribution is 2.33. The molecular weight excluding hydrogens is 341 g/mol. The summed E-state index contributed by atoms with van der Waals surface area (Å²) in [6.07, 6.45) is 4.47. The van der Waals surface area contributed by atoms with E-state index in [4.69, 9.17) is 0 Å². The lowest BCUT2D eigenvalue weighted by molar-refractivity contribution is -0.128. The summed E-state index contributed by atoms with van der Waals surface area (Å²) in [5.41, 5.74) is 0.602. The van der Waals surface area contributed by atoms with Crippen LogP contribution in [-0.4, -0.2) is 34.3 Å². The van der Waals surface area contributed by atoms with E-state index >= 15 is 0 Å². The summed E-state index contributed by atoms with van der Waals surface area (Å²) >= 11 is 1.34. The van der Waals surface area contributed by atoms with Crippen LogP contribution in [0, 0.1) is 11.7 Å². The molecule has 2 amide bonds. The number of hydrogen-bond acceptors (Lipinski definition) is 4. The minimum atomic E-state index is -0.313. The van der Waals surface area contributed by atoms with Crippen molar-refractivity contribution in [2.45, 2.75) is 31.7 Å². The van der Waals surface area contributed by atoms with Crippen molar-refractivity contribution in [3.63, 3.8) is 0 Å². The van der Waals surface area contributed by atoms with Crippen molar-refractivity contribution in [3.8, 4) is 0 Å². The predicted octanol–water partition coefficient (Wildman–Crippen LogP) is 2.82. The molecule has 1 atom stereocenters. The predicted molar refractivity (Wildman–Crippen MR) is 92.8 cm³/mol. The Hall–Kier alpha value is -2.28. The first kappa shape index (κ1) is 16.2. The fourth-order valence-corrected chi connectivity index (χ4v) is 3.97. The molecule has 0 spiro atoms. The topological polar surface area (TPSA) is 62.3 Å². The highest BCUT2D eigenvalue weighted by atomic mass is 32.1. The van der Waals surface area contributed by atoms with E-state index in [0.29, 0.717) is 29.7 Å². The summed E-state index contributed by atoms with van der Waals surface area (Å²) in [5, 5.41) is 3.30. The first-order chi connectivity index (χ1) is 12.1. The molecule has 1 aromatic carbocycles. The van der Waals surface area contributed by atoms with Gasteiger partial charge in [0.05, 0.1) is 5.92 Å². The molecule has 1 aliphatic carbocycles. The van der Waals surface area contributed by atoms with Crippen molar-refractivity contribution >= 4 is 28.3 Å². The standard InChI is InChI=1S/C18H18FN3O2S/c19-15-4-2-1-3-11(15)7-14-9-20-18(25-14)21-17(24)12-8-16(23)22(10-12)13-5-6-13/h1-4,9,12-13H,5-8,10H2,(H,20,21,24)/t12-/m0/s1. The SMILES string of the molecule is O=C(Nc1ncc(Cc2ccccc2F)s1)[C@H]1CC(=O)N(C2CC2)C1. The summed E-state index contributed by atoms with van der Waals surface area (Å²) in [7, 11) is 0. The quantitative estimate of drug-likeness (QED) is 0.893. The van der Waals surface area contributed by atoms with Crippen LogP contribution in [0.2, 0.25) is 0 Å². The lowest BCUT2D eigenvalue weighted by Crippen LogP contribution is -2.29. The number of hydrogen-bond donors (Lipinski definition) is 1. The molecule has 0 radical (unpaired) electrons. The molecule has 1 N–H and O–H groups in total. The minimum absolute atomic E-state index is 0.0713. The minimum Gasteiger partial charge on any atom is -0.339 e. The van der Waals surface area contributed by atoms with Gasteiger partial charge < -0.3 is 10.2 Å². The Morgan fingerprint density at radius 2 is 2.16 bits per heavy atom. The van der Waals surface area contributed by atoms with E-state index in [2.05, 4.69) is 10.3 Å². The second kappa shape index (κ2) is 6.55. The van der Waals surface area contributed by atoms with Gasteiger partial charge in [0.15, 0.2) is 5.13 Å². The molecule has 25 heavy (non-hydrogen) atoms. The third kappa shape index (κ3) is 3.56. The third-order valence-corrected chi connectivity index (χ3v) is 5.54. The number of halogens is 1. The van der Waals surface area contributed by atoms with E-state index in [1.54, 1.807) is 24.4 Å². The van der Waals surface area contributed by atoms with Gasteiger partial charge in [-0.25, -0.2) is 9.37 Å². The summed E-state index contributed by atoms with van der Waals surface area (Å²) in [6.45, 7) is 0.503. The van der Waals surface area contributed by atoms with Gasteiger partial charge in [-0.2, -0.15) is 0 Å². The number of benzene rings is 1. The number of anilines is 1. The van der Waals surface area contributed by atoms with Crippen LogP contribution < -0.4 is 5.32 Å². The van der Waals surface area contributed by atoms with E-state index in [1.165, 1.54) is 17.4 Å². The molecular formula is C18H18FN3O2S. The molecule has 2 aromatic rings. The van der Waals surface area contributed by atoms with E-state index < -0.39 is 0 Å². The largest absolute Gasteiger partial charge is 0.339 e. The Bertz CT molecular complexity index is 818. The molecule has 0 bridgehead atoms. The summed E-state index contributed by atoms with van der Waals surface area (Å²) < 4.78 is 13.7. The maximum Gasteiger partial charge on any atom is 0.231 e. The molecule has 7 heteroatoms. The lowest BCUT2D eigenvalue weighted by atomic mass is 10.1. The van der Waals surface area contributed by atoms with Crippen LogP contribution >= 0.6 is 11.3 Å². The Morgan fingerprint density at radius 3 is 2.92 bits per heavy atom. The van der Waals surface area contributed by atoms with Crippen LogP contribution in [0.3, 0.4) is 0 Å². The van der Waals surface area contributed by atoms with Gasteiger partial charge in [-0.3, -0.25) is 9.59 Å². The molecule has 1 saturated carbocycles. The number of aromatic nitrogens is 1. The van der Waals surface area contributed by atoms with Gasteiger partial charge in [-0.05, 0) is 24.5 Å². The summed E-state index contributed by atoms with van der Waals surface area (Å²) in [5.74, 6) is -0.650. The van der Waals surface area contributed by atoms with Crippen LogP contribution in [0.4, 0.5) is 9.52 Å². The molecule has 2 fully saturated rings. The highest BCUT2D eigenvalue weighted by molar-refractivity contribution is 7.15. The number of rotatable bonds is 5. The number of carbonyl (C=O) groups is 2. The van der Waals surface area contributed by atoms with Gasteiger partial charge in [0.25, 0.3) is 0 Å². The van der Waals surface area contributed by atoms with Gasteiger partial charge in [0.2, 0.25) is 11.8 Å². The monoisotopic (exact) mass is 359 g/mol.